The first-order valence-corrected chi connectivity index (χ1v) is 19.3. The van der Waals surface area contributed by atoms with Crippen LogP contribution < -0.4 is 20.7 Å². The van der Waals surface area contributed by atoms with Gasteiger partial charge in [0.2, 0.25) is 23.2 Å². The van der Waals surface area contributed by atoms with Crippen molar-refractivity contribution in [3.63, 3.8) is 0 Å². The summed E-state index contributed by atoms with van der Waals surface area (Å²) >= 11 is 0. The number of non-ortho nitro benzene ring substituents is 1. The van der Waals surface area contributed by atoms with Crippen LogP contribution in [-0.4, -0.2) is 88.6 Å². The molecule has 1 saturated heterocycles. The molecule has 0 spiro atoms. The third-order valence-electron chi connectivity index (χ3n) is 8.19. The van der Waals surface area contributed by atoms with Gasteiger partial charge in [-0.2, -0.15) is 10.2 Å². The molecular formula is C32H44N8O8S2. The SMILES string of the molecule is C#CCCC1(CCC(=O)N[C@@H](CCCCNC(=O)CCCCC2CCSS2)C(=O)NCCOCCOc2ccc([N+](=O)[O-])c3nonc23)N=N1. The Bertz CT molecular complexity index is 1500. The molecule has 3 amide bonds. The fraction of sp³-hybridized carbons (Fsp3) is 0.656. The van der Waals surface area contributed by atoms with Gasteiger partial charge in [-0.3, -0.25) is 24.5 Å². The van der Waals surface area contributed by atoms with Gasteiger partial charge in [-0.15, -0.1) is 12.3 Å². The molecule has 1 aromatic heterocycles. The van der Waals surface area contributed by atoms with Crippen molar-refractivity contribution < 1.29 is 33.4 Å². The Labute approximate surface area is 298 Å². The van der Waals surface area contributed by atoms with Gasteiger partial charge in [0.25, 0.3) is 0 Å². The number of ether oxygens (including phenoxy) is 2. The Morgan fingerprint density at radius 3 is 2.64 bits per heavy atom. The van der Waals surface area contributed by atoms with Crippen molar-refractivity contribution in [1.29, 1.82) is 0 Å². The van der Waals surface area contributed by atoms with Crippen molar-refractivity contribution in [3.05, 3.63) is 22.2 Å². The average molecular weight is 733 g/mol. The van der Waals surface area contributed by atoms with E-state index in [0.717, 1.165) is 24.5 Å². The minimum absolute atomic E-state index is 0.0118. The van der Waals surface area contributed by atoms with E-state index in [9.17, 15) is 24.5 Å². The summed E-state index contributed by atoms with van der Waals surface area (Å²) in [6.07, 6.45) is 13.6. The van der Waals surface area contributed by atoms with E-state index in [2.05, 4.69) is 47.0 Å². The van der Waals surface area contributed by atoms with Gasteiger partial charge in [0, 0.05) is 62.3 Å². The van der Waals surface area contributed by atoms with Crippen LogP contribution in [-0.2, 0) is 19.1 Å². The van der Waals surface area contributed by atoms with Gasteiger partial charge in [0.1, 0.15) is 12.6 Å². The molecule has 2 aromatic rings. The molecule has 2 atom stereocenters. The number of fused-ring (bicyclic) bond motifs is 1. The van der Waals surface area contributed by atoms with Gasteiger partial charge in [-0.25, -0.2) is 4.63 Å². The van der Waals surface area contributed by atoms with Crippen LogP contribution in [0.5, 0.6) is 5.75 Å². The van der Waals surface area contributed by atoms with E-state index in [1.165, 1.54) is 24.3 Å². The summed E-state index contributed by atoms with van der Waals surface area (Å²) in [6.45, 7) is 1.17. The molecule has 50 heavy (non-hydrogen) atoms. The quantitative estimate of drug-likeness (QED) is 0.0424. The van der Waals surface area contributed by atoms with E-state index in [4.69, 9.17) is 15.9 Å². The molecule has 1 unspecified atom stereocenters. The molecule has 0 saturated carbocycles. The van der Waals surface area contributed by atoms with Crippen LogP contribution in [0, 0.1) is 22.5 Å². The second kappa shape index (κ2) is 20.7. The normalized spacial score (nSPS) is 16.4. The molecule has 2 aliphatic heterocycles. The van der Waals surface area contributed by atoms with Crippen molar-refractivity contribution in [1.82, 2.24) is 26.3 Å². The highest BCUT2D eigenvalue weighted by atomic mass is 33.1. The fourth-order valence-electron chi connectivity index (χ4n) is 5.31. The van der Waals surface area contributed by atoms with Crippen LogP contribution in [0.1, 0.15) is 77.0 Å². The monoisotopic (exact) mass is 732 g/mol. The van der Waals surface area contributed by atoms with Crippen molar-refractivity contribution in [2.75, 3.05) is 38.7 Å². The second-order valence-electron chi connectivity index (χ2n) is 12.0. The summed E-state index contributed by atoms with van der Waals surface area (Å²) in [4.78, 5) is 48.7. The maximum atomic E-state index is 13.1. The molecule has 0 aliphatic carbocycles. The summed E-state index contributed by atoms with van der Waals surface area (Å²) in [5.41, 5.74) is -0.712. The highest BCUT2D eigenvalue weighted by Gasteiger charge is 2.39. The molecule has 16 nitrogen and oxygen atoms in total. The number of carbonyl (C=O) groups is 3. The van der Waals surface area contributed by atoms with Crippen LogP contribution in [0.25, 0.3) is 11.0 Å². The minimum atomic E-state index is -0.761. The Kier molecular flexibility index (Phi) is 16.0. The van der Waals surface area contributed by atoms with Crippen LogP contribution in [0.4, 0.5) is 5.69 Å². The van der Waals surface area contributed by atoms with E-state index in [0.29, 0.717) is 51.5 Å². The number of amides is 3. The summed E-state index contributed by atoms with van der Waals surface area (Å²) in [6, 6.07) is 1.91. The smallest absolute Gasteiger partial charge is 0.301 e. The Morgan fingerprint density at radius 2 is 1.88 bits per heavy atom. The van der Waals surface area contributed by atoms with Gasteiger partial charge < -0.3 is 25.4 Å². The summed E-state index contributed by atoms with van der Waals surface area (Å²) in [5, 5.41) is 35.9. The van der Waals surface area contributed by atoms with Gasteiger partial charge in [-0.1, -0.05) is 28.0 Å². The highest BCUT2D eigenvalue weighted by Crippen LogP contribution is 2.40. The molecule has 3 N–H and O–H groups in total. The predicted octanol–water partition coefficient (Wildman–Crippen LogP) is 4.48. The number of nitrogens with one attached hydrogen (secondary N) is 3. The van der Waals surface area contributed by atoms with E-state index in [1.54, 1.807) is 0 Å². The zero-order chi connectivity index (χ0) is 35.6. The van der Waals surface area contributed by atoms with Gasteiger partial charge in [0.05, 0.1) is 18.1 Å². The molecule has 272 valence electrons. The predicted molar refractivity (Wildman–Crippen MR) is 188 cm³/mol. The number of hydrogen-bond donors (Lipinski definition) is 3. The number of hydrogen-bond acceptors (Lipinski definition) is 14. The van der Waals surface area contributed by atoms with Gasteiger partial charge in [0.15, 0.2) is 16.9 Å². The van der Waals surface area contributed by atoms with Crippen molar-refractivity contribution in [2.24, 2.45) is 10.2 Å². The molecule has 2 aliphatic rings. The number of rotatable bonds is 25. The number of terminal acetylenes is 1. The number of carbonyl (C=O) groups excluding carboxylic acids is 3. The maximum absolute atomic E-state index is 13.1. The van der Waals surface area contributed by atoms with Crippen LogP contribution in [0.2, 0.25) is 0 Å². The molecule has 1 aromatic carbocycles. The Morgan fingerprint density at radius 1 is 1.04 bits per heavy atom. The Hall–Kier alpha value is -3.95. The topological polar surface area (TPSA) is 213 Å². The lowest BCUT2D eigenvalue weighted by Gasteiger charge is -2.19. The zero-order valence-corrected chi connectivity index (χ0v) is 29.6. The first kappa shape index (κ1) is 38.8. The number of nitro benzene ring substituents is 1. The second-order valence-corrected chi connectivity index (χ2v) is 14.8. The zero-order valence-electron chi connectivity index (χ0n) is 27.9. The maximum Gasteiger partial charge on any atom is 0.301 e. The van der Waals surface area contributed by atoms with Crippen LogP contribution >= 0.6 is 21.6 Å². The van der Waals surface area contributed by atoms with Gasteiger partial charge in [-0.05, 0) is 54.9 Å². The lowest BCUT2D eigenvalue weighted by molar-refractivity contribution is -0.383. The highest BCUT2D eigenvalue weighted by molar-refractivity contribution is 8.77. The molecule has 0 radical (unpaired) electrons. The molecule has 18 heteroatoms. The van der Waals surface area contributed by atoms with E-state index in [-0.39, 0.29) is 73.0 Å². The lowest BCUT2D eigenvalue weighted by Crippen LogP contribution is -2.47. The summed E-state index contributed by atoms with van der Waals surface area (Å²) < 4.78 is 15.8. The number of nitrogens with zero attached hydrogens (tertiary/aromatic N) is 5. The molecule has 1 fully saturated rings. The first-order valence-electron chi connectivity index (χ1n) is 16.9. The van der Waals surface area contributed by atoms with E-state index in [1.807, 2.05) is 21.6 Å². The Balaban J connectivity index is 1.13. The standard InChI is InChI=1S/C32H44N8O8S2/c1-2-3-15-32(38-39-32)16-13-28(42)35-24(9-6-7-17-33-27(41)10-5-4-8-23-14-22-49-50-23)31(43)34-18-19-46-20-21-47-26-12-11-25(40(44)45)29-30(26)37-48-36-29/h1,11-12,23-24H,3-10,13-22H2,(H,33,41)(H,34,43)(H,35,42)/t23?,24-/m0/s1. The van der Waals surface area contributed by atoms with Gasteiger partial charge >= 0.3 is 5.69 Å². The van der Waals surface area contributed by atoms with E-state index < -0.39 is 16.6 Å². The summed E-state index contributed by atoms with van der Waals surface area (Å²) in [7, 11) is 3.89. The third-order valence-corrected chi connectivity index (χ3v) is 11.2. The van der Waals surface area contributed by atoms with Crippen LogP contribution in [0.15, 0.2) is 27.0 Å². The average Bonchev–Trinajstić information content (AvgIpc) is 3.43. The van der Waals surface area contributed by atoms with Crippen molar-refractivity contribution in [2.45, 2.75) is 94.0 Å². The first-order chi connectivity index (χ1) is 24.3. The minimum Gasteiger partial charge on any atom is -0.489 e. The fourth-order valence-corrected chi connectivity index (χ4v) is 8.33. The molecular weight excluding hydrogens is 689 g/mol. The number of aromatic nitrogens is 2. The largest absolute Gasteiger partial charge is 0.489 e. The third kappa shape index (κ3) is 13.1. The summed E-state index contributed by atoms with van der Waals surface area (Å²) in [5.74, 6) is 3.48. The number of unbranched alkanes of at least 4 members (excludes halogenated alkanes) is 2. The lowest BCUT2D eigenvalue weighted by atomic mass is 10.0. The van der Waals surface area contributed by atoms with Crippen molar-refractivity contribution in [3.8, 4) is 18.1 Å². The van der Waals surface area contributed by atoms with Crippen molar-refractivity contribution >= 4 is 56.0 Å². The molecule has 3 heterocycles. The molecule has 4 rings (SSSR count). The number of nitro groups is 1. The van der Waals surface area contributed by atoms with E-state index >= 15 is 0 Å². The van der Waals surface area contributed by atoms with Crippen LogP contribution in [0.3, 0.4) is 0 Å². The number of benzene rings is 1. The molecule has 0 bridgehead atoms.